The van der Waals surface area contributed by atoms with Crippen molar-refractivity contribution in [3.63, 3.8) is 0 Å². The van der Waals surface area contributed by atoms with Gasteiger partial charge >= 0.3 is 0 Å². The quantitative estimate of drug-likeness (QED) is 0.586. The van der Waals surface area contributed by atoms with Gasteiger partial charge in [0, 0.05) is 0 Å². The van der Waals surface area contributed by atoms with Crippen molar-refractivity contribution in [2.24, 2.45) is 0 Å². The summed E-state index contributed by atoms with van der Waals surface area (Å²) in [5.41, 5.74) is 8.45. The largest absolute Gasteiger partial charge is 0.197 e. The topological polar surface area (TPSA) is 23.8 Å². The van der Waals surface area contributed by atoms with Crippen LogP contribution < -0.4 is 0 Å². The van der Waals surface area contributed by atoms with Gasteiger partial charge in [0.05, 0.1) is 6.07 Å². The highest BCUT2D eigenvalue weighted by Crippen LogP contribution is 2.52. The third-order valence-corrected chi connectivity index (χ3v) is 5.07. The van der Waals surface area contributed by atoms with Crippen LogP contribution in [0.5, 0.6) is 0 Å². The minimum absolute atomic E-state index is 0.727. The van der Waals surface area contributed by atoms with E-state index in [-0.39, 0.29) is 0 Å². The van der Waals surface area contributed by atoms with Crippen LogP contribution in [0.2, 0.25) is 0 Å². The van der Waals surface area contributed by atoms with E-state index in [0.29, 0.717) is 0 Å². The number of rotatable bonds is 1. The summed E-state index contributed by atoms with van der Waals surface area (Å²) in [5.74, 6) is 0. The van der Waals surface area contributed by atoms with E-state index < -0.39 is 5.41 Å². The van der Waals surface area contributed by atoms with Gasteiger partial charge in [-0.3, -0.25) is 0 Å². The molecular weight excluding hydrogens is 290 g/mol. The Morgan fingerprint density at radius 1 is 0.708 bits per heavy atom. The Hall–Kier alpha value is -2.85. The monoisotopic (exact) mass is 309 g/mol. The second-order valence-electron chi connectivity index (χ2n) is 6.83. The molecule has 4 rings (SSSR count). The van der Waals surface area contributed by atoms with Crippen molar-refractivity contribution in [2.45, 2.75) is 26.2 Å². The molecule has 0 amide bonds. The molecule has 0 radical (unpaired) electrons. The van der Waals surface area contributed by atoms with Gasteiger partial charge in [-0.25, -0.2) is 0 Å². The van der Waals surface area contributed by atoms with E-state index in [1.807, 2.05) is 6.07 Å². The molecule has 24 heavy (non-hydrogen) atoms. The predicted molar refractivity (Wildman–Crippen MR) is 98.0 cm³/mol. The first-order valence-corrected chi connectivity index (χ1v) is 8.27. The number of benzene rings is 3. The molecular formula is C23H19N. The summed E-state index contributed by atoms with van der Waals surface area (Å²) in [4.78, 5) is 0. The first-order valence-electron chi connectivity index (χ1n) is 8.27. The fraction of sp³-hybridized carbons (Fsp3) is 0.174. The summed E-state index contributed by atoms with van der Waals surface area (Å²) < 4.78 is 0. The molecule has 0 unspecified atom stereocenters. The van der Waals surface area contributed by atoms with Crippen LogP contribution in [-0.2, 0) is 5.41 Å². The standard InChI is InChI=1S/C23H19N/c1-15-5-4-6-18(11-15)23(14-24)21-12-16(2)7-9-19(21)20-10-8-17(3)13-22(20)23/h4-13H,1-3H3. The third kappa shape index (κ3) is 1.87. The maximum absolute atomic E-state index is 10.4. The van der Waals surface area contributed by atoms with Crippen LogP contribution >= 0.6 is 0 Å². The maximum Gasteiger partial charge on any atom is 0.133 e. The van der Waals surface area contributed by atoms with E-state index in [4.69, 9.17) is 0 Å². The van der Waals surface area contributed by atoms with Crippen molar-refractivity contribution < 1.29 is 0 Å². The van der Waals surface area contributed by atoms with E-state index >= 15 is 0 Å². The van der Waals surface area contributed by atoms with Gasteiger partial charge < -0.3 is 0 Å². The van der Waals surface area contributed by atoms with Crippen molar-refractivity contribution in [3.05, 3.63) is 94.0 Å². The Kier molecular flexibility index (Phi) is 3.11. The smallest absolute Gasteiger partial charge is 0.133 e. The predicted octanol–water partition coefficient (Wildman–Crippen LogP) is 5.45. The number of nitrogens with zero attached hydrogens (tertiary/aromatic N) is 1. The zero-order chi connectivity index (χ0) is 16.9. The Bertz CT molecular complexity index is 953. The van der Waals surface area contributed by atoms with Gasteiger partial charge in [-0.05, 0) is 48.6 Å². The van der Waals surface area contributed by atoms with Crippen LogP contribution in [0.15, 0.2) is 60.7 Å². The lowest BCUT2D eigenvalue weighted by atomic mass is 9.73. The molecule has 0 spiro atoms. The van der Waals surface area contributed by atoms with Gasteiger partial charge in [-0.2, -0.15) is 5.26 Å². The van der Waals surface area contributed by atoms with E-state index in [9.17, 15) is 5.26 Å². The van der Waals surface area contributed by atoms with Crippen LogP contribution in [0.3, 0.4) is 0 Å². The summed E-state index contributed by atoms with van der Waals surface area (Å²) in [6.45, 7) is 6.26. The second kappa shape index (κ2) is 5.08. The Balaban J connectivity index is 2.16. The molecule has 0 saturated heterocycles. The zero-order valence-corrected chi connectivity index (χ0v) is 14.2. The average molecular weight is 309 g/mol. The van der Waals surface area contributed by atoms with E-state index in [0.717, 1.165) is 16.7 Å². The lowest BCUT2D eigenvalue weighted by Gasteiger charge is -2.26. The summed E-state index contributed by atoms with van der Waals surface area (Å²) >= 11 is 0. The van der Waals surface area contributed by atoms with Gasteiger partial charge in [0.1, 0.15) is 5.41 Å². The van der Waals surface area contributed by atoms with E-state index in [1.165, 1.54) is 27.8 Å². The molecule has 0 saturated carbocycles. The Labute approximate surface area is 143 Å². The average Bonchev–Trinajstić information content (AvgIpc) is 2.84. The van der Waals surface area contributed by atoms with Crippen LogP contribution in [0.25, 0.3) is 11.1 Å². The van der Waals surface area contributed by atoms with Gasteiger partial charge in [0.25, 0.3) is 0 Å². The highest BCUT2D eigenvalue weighted by molar-refractivity contribution is 5.86. The van der Waals surface area contributed by atoms with Gasteiger partial charge in [0.2, 0.25) is 0 Å². The van der Waals surface area contributed by atoms with E-state index in [1.54, 1.807) is 0 Å². The molecule has 0 atom stereocenters. The molecule has 0 fully saturated rings. The number of hydrogen-bond donors (Lipinski definition) is 0. The summed E-state index contributed by atoms with van der Waals surface area (Å²) in [6, 6.07) is 24.0. The Morgan fingerprint density at radius 3 is 1.75 bits per heavy atom. The van der Waals surface area contributed by atoms with Gasteiger partial charge in [0.15, 0.2) is 0 Å². The van der Waals surface area contributed by atoms with Crippen LogP contribution in [0.1, 0.15) is 33.4 Å². The lowest BCUT2D eigenvalue weighted by molar-refractivity contribution is 0.817. The fourth-order valence-electron chi connectivity index (χ4n) is 3.93. The molecule has 0 heterocycles. The van der Waals surface area contributed by atoms with Crippen molar-refractivity contribution in [1.29, 1.82) is 5.26 Å². The Morgan fingerprint density at radius 2 is 1.25 bits per heavy atom. The zero-order valence-electron chi connectivity index (χ0n) is 14.2. The van der Waals surface area contributed by atoms with Crippen molar-refractivity contribution >= 4 is 0 Å². The van der Waals surface area contributed by atoms with Crippen LogP contribution in [0.4, 0.5) is 0 Å². The normalized spacial score (nSPS) is 13.9. The molecule has 0 N–H and O–H groups in total. The minimum Gasteiger partial charge on any atom is -0.197 e. The van der Waals surface area contributed by atoms with E-state index in [2.05, 4.69) is 81.4 Å². The maximum atomic E-state index is 10.4. The molecule has 116 valence electrons. The molecule has 1 aliphatic rings. The van der Waals surface area contributed by atoms with Crippen LogP contribution in [-0.4, -0.2) is 0 Å². The van der Waals surface area contributed by atoms with Crippen molar-refractivity contribution in [1.82, 2.24) is 0 Å². The number of fused-ring (bicyclic) bond motifs is 3. The molecule has 0 bridgehead atoms. The van der Waals surface area contributed by atoms with Gasteiger partial charge in [-0.15, -0.1) is 0 Å². The SMILES string of the molecule is Cc1cccc(C2(C#N)c3cc(C)ccc3-c3ccc(C)cc32)c1. The van der Waals surface area contributed by atoms with Crippen LogP contribution in [0, 0.1) is 32.1 Å². The first kappa shape index (κ1) is 14.7. The minimum atomic E-state index is -0.727. The first-order chi connectivity index (χ1) is 11.6. The molecule has 1 aliphatic carbocycles. The summed E-state index contributed by atoms with van der Waals surface area (Å²) in [7, 11) is 0. The number of hydrogen-bond acceptors (Lipinski definition) is 1. The van der Waals surface area contributed by atoms with Crippen molar-refractivity contribution in [3.8, 4) is 17.2 Å². The van der Waals surface area contributed by atoms with Crippen molar-refractivity contribution in [2.75, 3.05) is 0 Å². The number of aryl methyl sites for hydroxylation is 3. The molecule has 1 nitrogen and oxygen atoms in total. The highest BCUT2D eigenvalue weighted by Gasteiger charge is 2.45. The molecule has 3 aromatic rings. The van der Waals surface area contributed by atoms with Gasteiger partial charge in [-0.1, -0.05) is 77.4 Å². The lowest BCUT2D eigenvalue weighted by Crippen LogP contribution is -2.25. The second-order valence-corrected chi connectivity index (χ2v) is 6.83. The number of nitriles is 1. The molecule has 1 heteroatoms. The molecule has 3 aromatic carbocycles. The summed E-state index contributed by atoms with van der Waals surface area (Å²) in [6.07, 6.45) is 0. The third-order valence-electron chi connectivity index (χ3n) is 5.07. The molecule has 0 aliphatic heterocycles. The highest BCUT2D eigenvalue weighted by atomic mass is 14.5. The summed E-state index contributed by atoms with van der Waals surface area (Å²) in [5, 5.41) is 10.4. The molecule has 0 aromatic heterocycles. The fourth-order valence-corrected chi connectivity index (χ4v) is 3.93.